The van der Waals surface area contributed by atoms with Crippen molar-refractivity contribution in [3.63, 3.8) is 0 Å². The number of thioether (sulfide) groups is 1. The molecule has 2 nitrogen and oxygen atoms in total. The Hall–Kier alpha value is -0.0200. The highest BCUT2D eigenvalue weighted by molar-refractivity contribution is 8.00. The van der Waals surface area contributed by atoms with E-state index in [0.717, 1.165) is 25.9 Å². The topological polar surface area (TPSA) is 20.3 Å². The molecule has 2 fully saturated rings. The molecule has 0 aromatic rings. The van der Waals surface area contributed by atoms with E-state index in [9.17, 15) is 4.79 Å². The molecule has 0 aromatic carbocycles. The first-order valence-corrected chi connectivity index (χ1v) is 8.54. The van der Waals surface area contributed by atoms with E-state index in [0.29, 0.717) is 11.3 Å². The number of hydrogen-bond donors (Lipinski definition) is 0. The van der Waals surface area contributed by atoms with Crippen LogP contribution in [0.25, 0.3) is 0 Å². The highest BCUT2D eigenvalue weighted by Gasteiger charge is 2.36. The molecule has 1 heterocycles. The molecule has 18 heavy (non-hydrogen) atoms. The van der Waals surface area contributed by atoms with Crippen LogP contribution in [-0.4, -0.2) is 41.3 Å². The number of hydrogen-bond acceptors (Lipinski definition) is 3. The van der Waals surface area contributed by atoms with Gasteiger partial charge in [-0.05, 0) is 19.8 Å². The molecule has 1 saturated heterocycles. The normalized spacial score (nSPS) is 33.9. The molecule has 0 N–H and O–H groups in total. The predicted octanol–water partition coefficient (Wildman–Crippen LogP) is 3.35. The van der Waals surface area contributed by atoms with E-state index in [1.165, 1.54) is 37.7 Å². The fourth-order valence-corrected chi connectivity index (χ4v) is 4.53. The van der Waals surface area contributed by atoms with E-state index < -0.39 is 0 Å². The van der Waals surface area contributed by atoms with Gasteiger partial charge in [-0.2, -0.15) is 11.8 Å². The molecular formula is C15H27NOS. The zero-order chi connectivity index (χ0) is 13.0. The lowest BCUT2D eigenvalue weighted by atomic mass is 9.81. The maximum Gasteiger partial charge on any atom is 0.127 e. The third-order valence-electron chi connectivity index (χ3n) is 4.88. The first-order valence-electron chi connectivity index (χ1n) is 7.49. The SMILES string of the molecule is CC1SCCN(CC2(C=O)CCCCCC2)C1C. The number of carbonyl (C=O) groups is 1. The van der Waals surface area contributed by atoms with Crippen LogP contribution in [0.2, 0.25) is 0 Å². The van der Waals surface area contributed by atoms with Crippen LogP contribution in [-0.2, 0) is 4.79 Å². The first-order chi connectivity index (χ1) is 8.67. The van der Waals surface area contributed by atoms with Crippen LogP contribution in [0.3, 0.4) is 0 Å². The summed E-state index contributed by atoms with van der Waals surface area (Å²) >= 11 is 2.07. The van der Waals surface area contributed by atoms with Crippen molar-refractivity contribution in [3.05, 3.63) is 0 Å². The minimum atomic E-state index is -0.0352. The average molecular weight is 269 g/mol. The van der Waals surface area contributed by atoms with E-state index >= 15 is 0 Å². The third-order valence-corrected chi connectivity index (χ3v) is 6.22. The molecule has 104 valence electrons. The van der Waals surface area contributed by atoms with Crippen molar-refractivity contribution in [2.45, 2.75) is 63.7 Å². The summed E-state index contributed by atoms with van der Waals surface area (Å²) in [4.78, 5) is 14.2. The monoisotopic (exact) mass is 269 g/mol. The van der Waals surface area contributed by atoms with E-state index in [2.05, 4.69) is 30.5 Å². The lowest BCUT2D eigenvalue weighted by Gasteiger charge is -2.42. The first kappa shape index (κ1) is 14.4. The zero-order valence-corrected chi connectivity index (χ0v) is 12.7. The van der Waals surface area contributed by atoms with Crippen molar-refractivity contribution in [2.24, 2.45) is 5.41 Å². The molecule has 0 amide bonds. The van der Waals surface area contributed by atoms with Crippen LogP contribution in [0.1, 0.15) is 52.4 Å². The van der Waals surface area contributed by atoms with Crippen LogP contribution in [0.15, 0.2) is 0 Å². The number of aldehydes is 1. The van der Waals surface area contributed by atoms with Crippen molar-refractivity contribution in [2.75, 3.05) is 18.8 Å². The fraction of sp³-hybridized carbons (Fsp3) is 0.933. The number of nitrogens with zero attached hydrogens (tertiary/aromatic N) is 1. The van der Waals surface area contributed by atoms with Crippen molar-refractivity contribution in [1.82, 2.24) is 4.90 Å². The van der Waals surface area contributed by atoms with Crippen LogP contribution < -0.4 is 0 Å². The number of carbonyl (C=O) groups excluding carboxylic acids is 1. The molecule has 0 spiro atoms. The molecular weight excluding hydrogens is 242 g/mol. The van der Waals surface area contributed by atoms with Gasteiger partial charge in [-0.25, -0.2) is 0 Å². The molecule has 2 unspecified atom stereocenters. The molecule has 0 radical (unpaired) electrons. The van der Waals surface area contributed by atoms with E-state index in [-0.39, 0.29) is 5.41 Å². The summed E-state index contributed by atoms with van der Waals surface area (Å²) in [7, 11) is 0. The Kier molecular flexibility index (Phi) is 5.14. The lowest BCUT2D eigenvalue weighted by Crippen LogP contribution is -2.50. The molecule has 2 aliphatic rings. The summed E-state index contributed by atoms with van der Waals surface area (Å²) in [6, 6.07) is 0.615. The van der Waals surface area contributed by atoms with Gasteiger partial charge in [-0.3, -0.25) is 4.90 Å². The summed E-state index contributed by atoms with van der Waals surface area (Å²) in [5.41, 5.74) is -0.0352. The van der Waals surface area contributed by atoms with Crippen molar-refractivity contribution >= 4 is 18.0 Å². The van der Waals surface area contributed by atoms with Gasteiger partial charge in [0.15, 0.2) is 0 Å². The molecule has 1 saturated carbocycles. The molecule has 0 aromatic heterocycles. The van der Waals surface area contributed by atoms with Crippen LogP contribution in [0.4, 0.5) is 0 Å². The maximum atomic E-state index is 11.7. The van der Waals surface area contributed by atoms with Gasteiger partial charge >= 0.3 is 0 Å². The van der Waals surface area contributed by atoms with Gasteiger partial charge in [-0.15, -0.1) is 0 Å². The largest absolute Gasteiger partial charge is 0.303 e. The Balaban J connectivity index is 2.02. The van der Waals surface area contributed by atoms with Gasteiger partial charge in [0.1, 0.15) is 6.29 Å². The summed E-state index contributed by atoms with van der Waals surface area (Å²) in [5, 5.41) is 0.702. The van der Waals surface area contributed by atoms with E-state index in [1.54, 1.807) is 0 Å². The van der Waals surface area contributed by atoms with E-state index in [1.807, 2.05) is 0 Å². The zero-order valence-electron chi connectivity index (χ0n) is 11.9. The molecule has 1 aliphatic carbocycles. The second-order valence-electron chi connectivity index (χ2n) is 6.18. The smallest absolute Gasteiger partial charge is 0.127 e. The maximum absolute atomic E-state index is 11.7. The Labute approximate surface area is 116 Å². The molecule has 3 heteroatoms. The predicted molar refractivity (Wildman–Crippen MR) is 79.2 cm³/mol. The molecule has 2 rings (SSSR count). The highest BCUT2D eigenvalue weighted by Crippen LogP contribution is 2.36. The van der Waals surface area contributed by atoms with Crippen LogP contribution >= 0.6 is 11.8 Å². The van der Waals surface area contributed by atoms with Crippen LogP contribution in [0, 0.1) is 5.41 Å². The van der Waals surface area contributed by atoms with Gasteiger partial charge in [0, 0.05) is 35.5 Å². The Morgan fingerprint density at radius 2 is 1.89 bits per heavy atom. The summed E-state index contributed by atoms with van der Waals surface area (Å²) in [6.07, 6.45) is 8.63. The minimum Gasteiger partial charge on any atom is -0.303 e. The molecule has 2 atom stereocenters. The van der Waals surface area contributed by atoms with Crippen molar-refractivity contribution in [1.29, 1.82) is 0 Å². The van der Waals surface area contributed by atoms with Crippen LogP contribution in [0.5, 0.6) is 0 Å². The second-order valence-corrected chi connectivity index (χ2v) is 7.67. The van der Waals surface area contributed by atoms with Gasteiger partial charge in [-0.1, -0.05) is 32.6 Å². The van der Waals surface area contributed by atoms with Crippen molar-refractivity contribution < 1.29 is 4.79 Å². The summed E-state index contributed by atoms with van der Waals surface area (Å²) < 4.78 is 0. The fourth-order valence-electron chi connectivity index (χ4n) is 3.37. The third kappa shape index (κ3) is 3.30. The Morgan fingerprint density at radius 1 is 1.22 bits per heavy atom. The standard InChI is InChI=1S/C15H27NOS/c1-13-14(2)18-10-9-16(13)11-15(12-17)7-5-3-4-6-8-15/h12-14H,3-11H2,1-2H3. The van der Waals surface area contributed by atoms with Gasteiger partial charge in [0.2, 0.25) is 0 Å². The minimum absolute atomic E-state index is 0.0352. The van der Waals surface area contributed by atoms with Gasteiger partial charge < -0.3 is 4.79 Å². The highest BCUT2D eigenvalue weighted by atomic mass is 32.2. The van der Waals surface area contributed by atoms with Crippen molar-refractivity contribution in [3.8, 4) is 0 Å². The quantitative estimate of drug-likeness (QED) is 0.579. The lowest BCUT2D eigenvalue weighted by molar-refractivity contribution is -0.118. The summed E-state index contributed by atoms with van der Waals surface area (Å²) in [5.74, 6) is 1.22. The Bertz CT molecular complexity index is 274. The second kappa shape index (κ2) is 6.42. The number of rotatable bonds is 3. The molecule has 0 bridgehead atoms. The summed E-state index contributed by atoms with van der Waals surface area (Å²) in [6.45, 7) is 6.81. The van der Waals surface area contributed by atoms with Gasteiger partial charge in [0.05, 0.1) is 0 Å². The Morgan fingerprint density at radius 3 is 2.50 bits per heavy atom. The van der Waals surface area contributed by atoms with E-state index in [4.69, 9.17) is 0 Å². The molecule has 1 aliphatic heterocycles. The average Bonchev–Trinajstić information content (AvgIpc) is 2.61. The van der Waals surface area contributed by atoms with Gasteiger partial charge in [0.25, 0.3) is 0 Å².